The van der Waals surface area contributed by atoms with Crippen LogP contribution in [0.2, 0.25) is 4.82 Å². The van der Waals surface area contributed by atoms with Gasteiger partial charge in [0, 0.05) is 0 Å². The minimum absolute atomic E-state index is 0.833. The molecule has 1 aliphatic carbocycles. The normalized spacial score (nSPS) is 26.2. The molecule has 0 unspecified atom stereocenters. The average molecular weight is 96.9 g/mol. The molecule has 0 aromatic carbocycles. The van der Waals surface area contributed by atoms with E-state index < -0.39 is 0 Å². The first-order valence-corrected chi connectivity index (χ1v) is 2.16. The first-order valence-electron chi connectivity index (χ1n) is 1.52. The molecule has 1 aliphatic rings. The van der Waals surface area contributed by atoms with Gasteiger partial charge in [0.05, 0.1) is 0 Å². The first-order chi connectivity index (χ1) is 1.89. The Morgan fingerprint density at radius 3 is 1.75 bits per heavy atom. The van der Waals surface area contributed by atoms with E-state index in [2.05, 4.69) is 16.0 Å². The zero-order chi connectivity index (χ0) is 2.99. The Balaban J connectivity index is 2.17. The van der Waals surface area contributed by atoms with Gasteiger partial charge in [0.15, 0.2) is 0 Å². The molecule has 1 rings (SSSR count). The number of hydrogen-bond donors (Lipinski definition) is 0. The summed E-state index contributed by atoms with van der Waals surface area (Å²) in [5.41, 5.74) is 0. The number of rotatable bonds is 0. The van der Waals surface area contributed by atoms with Crippen molar-refractivity contribution in [2.75, 3.05) is 0 Å². The molecule has 1 saturated carbocycles. The van der Waals surface area contributed by atoms with Crippen LogP contribution in [-0.2, 0) is 16.0 Å². The van der Waals surface area contributed by atoms with Gasteiger partial charge in [0.25, 0.3) is 0 Å². The Bertz CT molecular complexity index is 22.5. The van der Waals surface area contributed by atoms with Crippen LogP contribution in [0.25, 0.3) is 0 Å². The fourth-order valence-corrected chi connectivity index (χ4v) is 0.243. The summed E-state index contributed by atoms with van der Waals surface area (Å²) in [6.07, 6.45) is 2.75. The van der Waals surface area contributed by atoms with Crippen LogP contribution in [-0.4, -0.2) is 0 Å². The maximum absolute atomic E-state index is 3.75. The predicted octanol–water partition coefficient (Wildman–Crippen LogP) is 1.12. The van der Waals surface area contributed by atoms with Gasteiger partial charge >= 0.3 is 33.7 Å². The molecule has 0 aromatic heterocycles. The van der Waals surface area contributed by atoms with Gasteiger partial charge in [-0.25, -0.2) is 0 Å². The SMILES string of the molecule is [Fe][CH]1CC1. The van der Waals surface area contributed by atoms with E-state index in [0.717, 1.165) is 4.82 Å². The molecule has 0 aromatic rings. The van der Waals surface area contributed by atoms with Gasteiger partial charge in [-0.2, -0.15) is 0 Å². The Morgan fingerprint density at radius 1 is 1.50 bits per heavy atom. The molecule has 0 bridgehead atoms. The fourth-order valence-electron chi connectivity index (χ4n) is 0.0589. The molecule has 0 spiro atoms. The van der Waals surface area contributed by atoms with E-state index in [-0.39, 0.29) is 0 Å². The van der Waals surface area contributed by atoms with E-state index in [1.807, 2.05) is 0 Å². The predicted molar refractivity (Wildman–Crippen MR) is 13.0 cm³/mol. The quantitative estimate of drug-likeness (QED) is 0.397. The van der Waals surface area contributed by atoms with E-state index in [0.29, 0.717) is 0 Å². The Labute approximate surface area is 34.4 Å². The van der Waals surface area contributed by atoms with Gasteiger partial charge in [-0.15, -0.1) is 0 Å². The third-order valence-corrected chi connectivity index (χ3v) is 1.13. The van der Waals surface area contributed by atoms with Crippen molar-refractivity contribution in [1.29, 1.82) is 0 Å². The second-order valence-corrected chi connectivity index (χ2v) is 2.06. The molecule has 0 atom stereocenters. The second-order valence-electron chi connectivity index (χ2n) is 1.15. The summed E-state index contributed by atoms with van der Waals surface area (Å²) in [6.45, 7) is 0. The van der Waals surface area contributed by atoms with Gasteiger partial charge in [-0.3, -0.25) is 0 Å². The van der Waals surface area contributed by atoms with Gasteiger partial charge in [-0.1, -0.05) is 0 Å². The van der Waals surface area contributed by atoms with Crippen LogP contribution >= 0.6 is 0 Å². The molecule has 0 N–H and O–H groups in total. The molecule has 0 radical (unpaired) electrons. The van der Waals surface area contributed by atoms with Gasteiger partial charge in [0.1, 0.15) is 0 Å². The van der Waals surface area contributed by atoms with Crippen molar-refractivity contribution in [3.8, 4) is 0 Å². The molecular weight excluding hydrogens is 91.9 g/mol. The van der Waals surface area contributed by atoms with Crippen LogP contribution in [0.4, 0.5) is 0 Å². The summed E-state index contributed by atoms with van der Waals surface area (Å²) >= 11 is 3.75. The Morgan fingerprint density at radius 2 is 1.75 bits per heavy atom. The van der Waals surface area contributed by atoms with Crippen molar-refractivity contribution in [3.05, 3.63) is 0 Å². The van der Waals surface area contributed by atoms with Crippen LogP contribution in [0.15, 0.2) is 0 Å². The van der Waals surface area contributed by atoms with Crippen molar-refractivity contribution >= 4 is 0 Å². The third kappa shape index (κ3) is 0.470. The van der Waals surface area contributed by atoms with Crippen molar-refractivity contribution < 1.29 is 16.0 Å². The monoisotopic (exact) mass is 97.0 g/mol. The van der Waals surface area contributed by atoms with Crippen LogP contribution in [0, 0.1) is 0 Å². The van der Waals surface area contributed by atoms with E-state index in [9.17, 15) is 0 Å². The molecule has 0 nitrogen and oxygen atoms in total. The van der Waals surface area contributed by atoms with Crippen molar-refractivity contribution in [3.63, 3.8) is 0 Å². The van der Waals surface area contributed by atoms with E-state index in [4.69, 9.17) is 0 Å². The Kier molecular flexibility index (Phi) is 0.502. The van der Waals surface area contributed by atoms with Gasteiger partial charge in [-0.05, 0) is 0 Å². The molecule has 0 aliphatic heterocycles. The van der Waals surface area contributed by atoms with Gasteiger partial charge < -0.3 is 0 Å². The first kappa shape index (κ1) is 2.74. The van der Waals surface area contributed by atoms with Crippen LogP contribution in [0.3, 0.4) is 0 Å². The summed E-state index contributed by atoms with van der Waals surface area (Å²) in [6, 6.07) is 0. The summed E-state index contributed by atoms with van der Waals surface area (Å²) in [7, 11) is 0. The number of hydrogen-bond acceptors (Lipinski definition) is 0. The van der Waals surface area contributed by atoms with E-state index >= 15 is 0 Å². The molecule has 0 saturated heterocycles. The van der Waals surface area contributed by atoms with Crippen LogP contribution < -0.4 is 0 Å². The molecule has 1 fully saturated rings. The molecule has 0 amide bonds. The summed E-state index contributed by atoms with van der Waals surface area (Å²) in [4.78, 5) is 0.833. The maximum atomic E-state index is 3.75. The van der Waals surface area contributed by atoms with Crippen LogP contribution in [0.5, 0.6) is 0 Å². The summed E-state index contributed by atoms with van der Waals surface area (Å²) < 4.78 is 0. The third-order valence-electron chi connectivity index (χ3n) is 0.493. The van der Waals surface area contributed by atoms with Crippen molar-refractivity contribution in [2.45, 2.75) is 17.7 Å². The van der Waals surface area contributed by atoms with E-state index in [1.54, 1.807) is 0 Å². The zero-order valence-electron chi connectivity index (χ0n) is 2.35. The van der Waals surface area contributed by atoms with E-state index in [1.165, 1.54) is 12.8 Å². The van der Waals surface area contributed by atoms with Gasteiger partial charge in [0.2, 0.25) is 0 Å². The topological polar surface area (TPSA) is 0 Å². The Hall–Kier alpha value is 0.519. The molecule has 1 heteroatoms. The molecule has 0 heterocycles. The zero-order valence-corrected chi connectivity index (χ0v) is 3.45. The second kappa shape index (κ2) is 0.733. The minimum atomic E-state index is 0.833. The van der Waals surface area contributed by atoms with Crippen LogP contribution in [0.1, 0.15) is 12.8 Å². The molecule has 4 heavy (non-hydrogen) atoms. The standard InChI is InChI=1S/C3H5.Fe/c1-2-3-1;/h1H,2-3H2;. The molecule has 25 valence electrons. The average Bonchev–Trinajstić information content (AvgIpc) is 1.75. The fraction of sp³-hybridized carbons (Fsp3) is 1.00. The van der Waals surface area contributed by atoms with Crippen molar-refractivity contribution in [2.24, 2.45) is 0 Å². The summed E-state index contributed by atoms with van der Waals surface area (Å²) in [5.74, 6) is 0. The molecular formula is C3H5Fe. The van der Waals surface area contributed by atoms with Crippen molar-refractivity contribution in [1.82, 2.24) is 0 Å². The summed E-state index contributed by atoms with van der Waals surface area (Å²) in [5, 5.41) is 0.